The van der Waals surface area contributed by atoms with Gasteiger partial charge in [-0.05, 0) is 18.4 Å². The number of amides is 1. The van der Waals surface area contributed by atoms with Crippen LogP contribution in [0.25, 0.3) is 0 Å². The molecule has 3 nitrogen and oxygen atoms in total. The molecular formula is C15H19NO2. The third-order valence-corrected chi connectivity index (χ3v) is 4.32. The first-order chi connectivity index (χ1) is 8.77. The molecule has 0 radical (unpaired) electrons. The summed E-state index contributed by atoms with van der Waals surface area (Å²) >= 11 is 0. The number of carbonyl (C=O) groups excluding carboxylic acids is 1. The van der Waals surface area contributed by atoms with E-state index in [4.69, 9.17) is 0 Å². The molecule has 3 heteroatoms. The number of hydrogen-bond acceptors (Lipinski definition) is 2. The third kappa shape index (κ3) is 1.93. The maximum absolute atomic E-state index is 12.3. The first-order valence-corrected chi connectivity index (χ1v) is 6.80. The number of aliphatic hydroxyl groups is 1. The van der Waals surface area contributed by atoms with Gasteiger partial charge in [0.25, 0.3) is 0 Å². The highest BCUT2D eigenvalue weighted by atomic mass is 16.3. The van der Waals surface area contributed by atoms with Gasteiger partial charge in [-0.3, -0.25) is 4.79 Å². The number of hydrogen-bond donors (Lipinski definition) is 1. The van der Waals surface area contributed by atoms with Gasteiger partial charge in [-0.25, -0.2) is 0 Å². The van der Waals surface area contributed by atoms with Crippen molar-refractivity contribution in [2.75, 3.05) is 0 Å². The van der Waals surface area contributed by atoms with E-state index in [1.807, 2.05) is 30.3 Å². The summed E-state index contributed by atoms with van der Waals surface area (Å²) < 4.78 is 0. The average molecular weight is 245 g/mol. The van der Waals surface area contributed by atoms with Crippen molar-refractivity contribution >= 4 is 5.91 Å². The second-order valence-electron chi connectivity index (χ2n) is 5.42. The molecule has 3 atom stereocenters. The first kappa shape index (κ1) is 11.7. The van der Waals surface area contributed by atoms with E-state index in [1.165, 1.54) is 0 Å². The molecule has 2 fully saturated rings. The molecule has 3 rings (SSSR count). The maximum atomic E-state index is 12.3. The van der Waals surface area contributed by atoms with E-state index in [1.54, 1.807) is 4.90 Å². The Labute approximate surface area is 107 Å². The molecule has 1 aliphatic heterocycles. The Hall–Kier alpha value is -1.35. The van der Waals surface area contributed by atoms with Crippen molar-refractivity contribution in [2.45, 2.75) is 38.5 Å². The number of benzene rings is 1. The molecule has 1 heterocycles. The standard InChI is InChI=1S/C15H19NO2/c17-14-12-8-4-5-9-13(12)15(18)16(14)10-11-6-2-1-3-7-11/h1-3,6-7,12-14,17H,4-5,8-10H2/t12-,13+,14-/m1/s1. The van der Waals surface area contributed by atoms with Gasteiger partial charge in [-0.2, -0.15) is 0 Å². The van der Waals surface area contributed by atoms with Crippen molar-refractivity contribution in [3.05, 3.63) is 35.9 Å². The van der Waals surface area contributed by atoms with Crippen LogP contribution in [-0.2, 0) is 11.3 Å². The van der Waals surface area contributed by atoms with Crippen molar-refractivity contribution in [2.24, 2.45) is 11.8 Å². The summed E-state index contributed by atoms with van der Waals surface area (Å²) in [4.78, 5) is 14.0. The van der Waals surface area contributed by atoms with Gasteiger partial charge in [-0.15, -0.1) is 0 Å². The van der Waals surface area contributed by atoms with E-state index in [0.717, 1.165) is 31.2 Å². The summed E-state index contributed by atoms with van der Waals surface area (Å²) in [6, 6.07) is 9.90. The molecule has 0 unspecified atom stereocenters. The fraction of sp³-hybridized carbons (Fsp3) is 0.533. The summed E-state index contributed by atoms with van der Waals surface area (Å²) in [6.07, 6.45) is 3.63. The largest absolute Gasteiger partial charge is 0.373 e. The molecule has 0 aromatic heterocycles. The zero-order valence-corrected chi connectivity index (χ0v) is 10.5. The van der Waals surface area contributed by atoms with Crippen LogP contribution in [0.15, 0.2) is 30.3 Å². The Kier molecular flexibility index (Phi) is 3.08. The van der Waals surface area contributed by atoms with Crippen LogP contribution < -0.4 is 0 Å². The van der Waals surface area contributed by atoms with Gasteiger partial charge < -0.3 is 10.0 Å². The van der Waals surface area contributed by atoms with Crippen molar-refractivity contribution in [3.8, 4) is 0 Å². The topological polar surface area (TPSA) is 40.5 Å². The Balaban J connectivity index is 1.78. The van der Waals surface area contributed by atoms with Crippen LogP contribution >= 0.6 is 0 Å². The highest BCUT2D eigenvalue weighted by Gasteiger charge is 2.47. The minimum atomic E-state index is -0.581. The number of carbonyl (C=O) groups is 1. The summed E-state index contributed by atoms with van der Waals surface area (Å²) in [6.45, 7) is 0.536. The lowest BCUT2D eigenvalue weighted by atomic mass is 9.81. The van der Waals surface area contributed by atoms with Gasteiger partial charge in [0.15, 0.2) is 0 Å². The van der Waals surface area contributed by atoms with Crippen LogP contribution in [0.1, 0.15) is 31.2 Å². The zero-order valence-electron chi connectivity index (χ0n) is 10.5. The zero-order chi connectivity index (χ0) is 12.5. The van der Waals surface area contributed by atoms with E-state index in [2.05, 4.69) is 0 Å². The lowest BCUT2D eigenvalue weighted by Gasteiger charge is -2.25. The van der Waals surface area contributed by atoms with Gasteiger partial charge in [0.05, 0.1) is 0 Å². The Morgan fingerprint density at radius 2 is 1.89 bits per heavy atom. The van der Waals surface area contributed by atoms with Crippen LogP contribution in [-0.4, -0.2) is 22.1 Å². The summed E-state index contributed by atoms with van der Waals surface area (Å²) in [5.74, 6) is 0.378. The Morgan fingerprint density at radius 1 is 1.17 bits per heavy atom. The fourth-order valence-corrected chi connectivity index (χ4v) is 3.35. The van der Waals surface area contributed by atoms with E-state index in [-0.39, 0.29) is 17.7 Å². The molecule has 18 heavy (non-hydrogen) atoms. The lowest BCUT2D eigenvalue weighted by molar-refractivity contribution is -0.136. The predicted octanol–water partition coefficient (Wildman–Crippen LogP) is 2.15. The van der Waals surface area contributed by atoms with Crippen molar-refractivity contribution in [3.63, 3.8) is 0 Å². The maximum Gasteiger partial charge on any atom is 0.228 e. The quantitative estimate of drug-likeness (QED) is 0.867. The molecule has 1 aromatic rings. The summed E-state index contributed by atoms with van der Waals surface area (Å²) in [5.41, 5.74) is 1.09. The fourth-order valence-electron chi connectivity index (χ4n) is 3.35. The van der Waals surface area contributed by atoms with Crippen molar-refractivity contribution in [1.29, 1.82) is 0 Å². The Bertz CT molecular complexity index is 431. The van der Waals surface area contributed by atoms with Gasteiger partial charge >= 0.3 is 0 Å². The molecule has 1 aliphatic carbocycles. The molecule has 96 valence electrons. The van der Waals surface area contributed by atoms with Crippen molar-refractivity contribution < 1.29 is 9.90 Å². The van der Waals surface area contributed by atoms with E-state index in [9.17, 15) is 9.90 Å². The molecule has 1 amide bonds. The summed E-state index contributed by atoms with van der Waals surface area (Å²) in [5, 5.41) is 10.3. The Morgan fingerprint density at radius 3 is 2.61 bits per heavy atom. The second-order valence-corrected chi connectivity index (χ2v) is 5.42. The number of nitrogens with zero attached hydrogens (tertiary/aromatic N) is 1. The molecular weight excluding hydrogens is 226 g/mol. The van der Waals surface area contributed by atoms with E-state index >= 15 is 0 Å². The molecule has 1 saturated carbocycles. The van der Waals surface area contributed by atoms with Crippen LogP contribution in [0.4, 0.5) is 0 Å². The normalized spacial score (nSPS) is 31.5. The number of fused-ring (bicyclic) bond motifs is 1. The number of likely N-dealkylation sites (tertiary alicyclic amines) is 1. The lowest BCUT2D eigenvalue weighted by Crippen LogP contribution is -2.34. The molecule has 1 aromatic carbocycles. The van der Waals surface area contributed by atoms with Gasteiger partial charge in [0.1, 0.15) is 6.23 Å². The van der Waals surface area contributed by atoms with Crippen LogP contribution in [0, 0.1) is 11.8 Å². The van der Waals surface area contributed by atoms with Gasteiger partial charge in [0, 0.05) is 18.4 Å². The molecule has 0 bridgehead atoms. The number of aliphatic hydroxyl groups excluding tert-OH is 1. The average Bonchev–Trinajstić information content (AvgIpc) is 2.66. The van der Waals surface area contributed by atoms with Crippen molar-refractivity contribution in [1.82, 2.24) is 4.90 Å². The molecule has 1 saturated heterocycles. The van der Waals surface area contributed by atoms with Crippen LogP contribution in [0.3, 0.4) is 0 Å². The minimum absolute atomic E-state index is 0.0671. The SMILES string of the molecule is O=C1[C@H]2CCCC[C@H]2[C@@H](O)N1Cc1ccccc1. The molecule has 1 N–H and O–H groups in total. The minimum Gasteiger partial charge on any atom is -0.373 e. The third-order valence-electron chi connectivity index (χ3n) is 4.32. The van der Waals surface area contributed by atoms with Crippen LogP contribution in [0.5, 0.6) is 0 Å². The van der Waals surface area contributed by atoms with Gasteiger partial charge in [0.2, 0.25) is 5.91 Å². The summed E-state index contributed by atoms with van der Waals surface area (Å²) in [7, 11) is 0. The monoisotopic (exact) mass is 245 g/mol. The first-order valence-electron chi connectivity index (χ1n) is 6.80. The van der Waals surface area contributed by atoms with E-state index in [0.29, 0.717) is 6.54 Å². The van der Waals surface area contributed by atoms with Crippen LogP contribution in [0.2, 0.25) is 0 Å². The predicted molar refractivity (Wildman–Crippen MR) is 68.4 cm³/mol. The smallest absolute Gasteiger partial charge is 0.228 e. The van der Waals surface area contributed by atoms with Gasteiger partial charge in [-0.1, -0.05) is 43.2 Å². The highest BCUT2D eigenvalue weighted by Crippen LogP contribution is 2.40. The number of rotatable bonds is 2. The molecule has 0 spiro atoms. The van der Waals surface area contributed by atoms with E-state index < -0.39 is 6.23 Å². The molecule has 2 aliphatic rings. The highest BCUT2D eigenvalue weighted by molar-refractivity contribution is 5.81. The second kappa shape index (κ2) is 4.73.